The number of hydrogen-bond acceptors (Lipinski definition) is 4. The summed E-state index contributed by atoms with van der Waals surface area (Å²) in [6, 6.07) is 8.03. The normalized spacial score (nSPS) is 10.2. The van der Waals surface area contributed by atoms with Crippen LogP contribution in [-0.4, -0.2) is 13.0 Å². The van der Waals surface area contributed by atoms with Crippen LogP contribution in [0.5, 0.6) is 5.75 Å². The lowest BCUT2D eigenvalue weighted by Gasteiger charge is -2.02. The van der Waals surface area contributed by atoms with Crippen molar-refractivity contribution in [1.29, 1.82) is 0 Å². The Bertz CT molecular complexity index is 1140. The second-order valence-electron chi connectivity index (χ2n) is 5.52. The fourth-order valence-electron chi connectivity index (χ4n) is 2.32. The van der Waals surface area contributed by atoms with E-state index in [1.807, 2.05) is 0 Å². The number of halogens is 2. The largest absolute Gasteiger partial charge is 0.497 e. The zero-order valence-electron chi connectivity index (χ0n) is 14.1. The molecule has 3 rings (SSSR count). The van der Waals surface area contributed by atoms with Crippen LogP contribution >= 0.6 is 0 Å². The van der Waals surface area contributed by atoms with Crippen molar-refractivity contribution in [2.45, 2.75) is 6.54 Å². The Morgan fingerprint density at radius 3 is 2.74 bits per heavy atom. The van der Waals surface area contributed by atoms with Crippen molar-refractivity contribution in [2.75, 3.05) is 7.11 Å². The van der Waals surface area contributed by atoms with E-state index in [0.717, 1.165) is 12.1 Å². The number of nitrogens with one attached hydrogen (secondary N) is 1. The Morgan fingerprint density at radius 1 is 1.19 bits per heavy atom. The summed E-state index contributed by atoms with van der Waals surface area (Å²) in [5.74, 6) is 2.63. The predicted octanol–water partition coefficient (Wildman–Crippen LogP) is 2.75. The van der Waals surface area contributed by atoms with Crippen molar-refractivity contribution in [1.82, 2.24) is 5.32 Å². The molecule has 7 heteroatoms. The van der Waals surface area contributed by atoms with Gasteiger partial charge in [-0.05, 0) is 35.7 Å². The van der Waals surface area contributed by atoms with Crippen molar-refractivity contribution in [3.8, 4) is 17.6 Å². The van der Waals surface area contributed by atoms with Gasteiger partial charge in [0.05, 0.1) is 12.5 Å². The number of methoxy groups -OCH3 is 1. The molecule has 0 spiro atoms. The molecule has 1 N–H and O–H groups in total. The minimum atomic E-state index is -1.00. The second-order valence-corrected chi connectivity index (χ2v) is 5.52. The Morgan fingerprint density at radius 2 is 2.00 bits per heavy atom. The lowest BCUT2D eigenvalue weighted by molar-refractivity contribution is -0.115. The van der Waals surface area contributed by atoms with Crippen molar-refractivity contribution < 1.29 is 22.7 Å². The van der Waals surface area contributed by atoms with Gasteiger partial charge in [0.1, 0.15) is 23.2 Å². The van der Waals surface area contributed by atoms with Gasteiger partial charge >= 0.3 is 0 Å². The minimum absolute atomic E-state index is 0.0237. The summed E-state index contributed by atoms with van der Waals surface area (Å²) in [5, 5.41) is 2.75. The average Bonchev–Trinajstić information content (AvgIpc) is 2.68. The standard InChI is InChI=1S/C20H13F2NO4/c1-26-14-4-5-15-18(9-14)27-11-13(20(15)25)3-7-19(24)23-10-12-2-6-16(21)17(22)8-12/h2,4-6,8-9,11H,10H2,1H3,(H,23,24). The van der Waals surface area contributed by atoms with Crippen LogP contribution in [0.15, 0.2) is 51.9 Å². The average molecular weight is 369 g/mol. The fraction of sp³-hybridized carbons (Fsp3) is 0.100. The van der Waals surface area contributed by atoms with Crippen LogP contribution in [0.2, 0.25) is 0 Å². The molecule has 2 aromatic carbocycles. The van der Waals surface area contributed by atoms with Crippen LogP contribution in [0.3, 0.4) is 0 Å². The molecule has 0 atom stereocenters. The van der Waals surface area contributed by atoms with Gasteiger partial charge in [0.2, 0.25) is 5.43 Å². The van der Waals surface area contributed by atoms with E-state index in [-0.39, 0.29) is 17.5 Å². The Hall–Kier alpha value is -3.66. The maximum Gasteiger partial charge on any atom is 0.296 e. The molecule has 0 aliphatic rings. The molecule has 0 bridgehead atoms. The number of ether oxygens (including phenoxy) is 1. The first-order chi connectivity index (χ1) is 13.0. The first-order valence-electron chi connectivity index (χ1n) is 7.81. The van der Waals surface area contributed by atoms with Gasteiger partial charge in [-0.2, -0.15) is 0 Å². The van der Waals surface area contributed by atoms with E-state index in [4.69, 9.17) is 9.15 Å². The number of fused-ring (bicyclic) bond motifs is 1. The maximum absolute atomic E-state index is 13.1. The lowest BCUT2D eigenvalue weighted by Crippen LogP contribution is -2.21. The van der Waals surface area contributed by atoms with Crippen LogP contribution < -0.4 is 15.5 Å². The number of amides is 1. The van der Waals surface area contributed by atoms with Crippen LogP contribution in [0, 0.1) is 23.5 Å². The first kappa shape index (κ1) is 18.1. The van der Waals surface area contributed by atoms with E-state index in [2.05, 4.69) is 17.2 Å². The highest BCUT2D eigenvalue weighted by molar-refractivity contribution is 5.94. The van der Waals surface area contributed by atoms with E-state index >= 15 is 0 Å². The third-order valence-electron chi connectivity index (χ3n) is 3.73. The summed E-state index contributed by atoms with van der Waals surface area (Å²) in [4.78, 5) is 24.2. The second kappa shape index (κ2) is 7.70. The quantitative estimate of drug-likeness (QED) is 0.721. The number of carbonyl (C=O) groups is 1. The maximum atomic E-state index is 13.1. The van der Waals surface area contributed by atoms with Crippen molar-refractivity contribution in [2.24, 2.45) is 0 Å². The number of carbonyl (C=O) groups excluding carboxylic acids is 1. The monoisotopic (exact) mass is 369 g/mol. The van der Waals surface area contributed by atoms with Gasteiger partial charge < -0.3 is 14.5 Å². The van der Waals surface area contributed by atoms with Gasteiger partial charge in [0.25, 0.3) is 5.91 Å². The van der Waals surface area contributed by atoms with E-state index < -0.39 is 17.5 Å². The number of benzene rings is 2. The van der Waals surface area contributed by atoms with E-state index in [0.29, 0.717) is 22.3 Å². The van der Waals surface area contributed by atoms with Crippen LogP contribution in [0.25, 0.3) is 11.0 Å². The van der Waals surface area contributed by atoms with Crippen molar-refractivity contribution >= 4 is 16.9 Å². The van der Waals surface area contributed by atoms with Crippen LogP contribution in [0.1, 0.15) is 11.1 Å². The Labute approximate surface area is 152 Å². The summed E-state index contributed by atoms with van der Waals surface area (Å²) < 4.78 is 36.4. The summed E-state index contributed by atoms with van der Waals surface area (Å²) in [6.07, 6.45) is 1.17. The van der Waals surface area contributed by atoms with Gasteiger partial charge in [-0.1, -0.05) is 6.07 Å². The highest BCUT2D eigenvalue weighted by Gasteiger charge is 2.07. The van der Waals surface area contributed by atoms with Gasteiger partial charge in [-0.25, -0.2) is 8.78 Å². The topological polar surface area (TPSA) is 68.5 Å². The molecule has 27 heavy (non-hydrogen) atoms. The molecule has 3 aromatic rings. The molecule has 1 heterocycles. The fourth-order valence-corrected chi connectivity index (χ4v) is 2.32. The molecule has 0 saturated heterocycles. The number of hydrogen-bond donors (Lipinski definition) is 1. The molecular weight excluding hydrogens is 356 g/mol. The Balaban J connectivity index is 1.74. The highest BCUT2D eigenvalue weighted by Crippen LogP contribution is 2.18. The summed E-state index contributed by atoms with van der Waals surface area (Å²) in [5.41, 5.74) is 0.367. The van der Waals surface area contributed by atoms with E-state index in [9.17, 15) is 18.4 Å². The SMILES string of the molecule is COc1ccc2c(=O)c(C#CC(=O)NCc3ccc(F)c(F)c3)coc2c1. The lowest BCUT2D eigenvalue weighted by atomic mass is 10.1. The van der Waals surface area contributed by atoms with Gasteiger partial charge in [-0.15, -0.1) is 0 Å². The zero-order chi connectivity index (χ0) is 19.4. The van der Waals surface area contributed by atoms with Gasteiger partial charge in [-0.3, -0.25) is 9.59 Å². The summed E-state index contributed by atoms with van der Waals surface area (Å²) >= 11 is 0. The van der Waals surface area contributed by atoms with Crippen LogP contribution in [-0.2, 0) is 11.3 Å². The molecule has 0 aliphatic heterocycles. The van der Waals surface area contributed by atoms with Gasteiger partial charge in [0, 0.05) is 18.5 Å². The Kier molecular flexibility index (Phi) is 5.18. The smallest absolute Gasteiger partial charge is 0.296 e. The van der Waals surface area contributed by atoms with E-state index in [1.54, 1.807) is 18.2 Å². The van der Waals surface area contributed by atoms with Crippen molar-refractivity contribution in [3.05, 3.63) is 75.6 Å². The summed E-state index contributed by atoms with van der Waals surface area (Å²) in [6.45, 7) is -0.0309. The molecule has 1 aromatic heterocycles. The molecular formula is C20H13F2NO4. The molecule has 0 aliphatic carbocycles. The first-order valence-corrected chi connectivity index (χ1v) is 7.81. The predicted molar refractivity (Wildman–Crippen MR) is 94.1 cm³/mol. The molecule has 0 saturated carbocycles. The third-order valence-corrected chi connectivity index (χ3v) is 3.73. The molecule has 0 unspecified atom stereocenters. The van der Waals surface area contributed by atoms with Crippen LogP contribution in [0.4, 0.5) is 8.78 Å². The molecule has 0 radical (unpaired) electrons. The summed E-state index contributed by atoms with van der Waals surface area (Å²) in [7, 11) is 1.50. The van der Waals surface area contributed by atoms with E-state index in [1.165, 1.54) is 19.4 Å². The van der Waals surface area contributed by atoms with Gasteiger partial charge in [0.15, 0.2) is 11.6 Å². The molecule has 1 amide bonds. The third kappa shape index (κ3) is 4.12. The number of rotatable bonds is 3. The van der Waals surface area contributed by atoms with Crippen molar-refractivity contribution in [3.63, 3.8) is 0 Å². The molecule has 5 nitrogen and oxygen atoms in total. The highest BCUT2D eigenvalue weighted by atomic mass is 19.2. The minimum Gasteiger partial charge on any atom is -0.497 e. The zero-order valence-corrected chi connectivity index (χ0v) is 14.1. The molecule has 136 valence electrons. The molecule has 0 fully saturated rings.